The van der Waals surface area contributed by atoms with E-state index in [0.717, 1.165) is 6.20 Å². The number of likely N-dealkylation sites (tertiary alicyclic amines) is 1. The number of amides is 1. The summed E-state index contributed by atoms with van der Waals surface area (Å²) in [6, 6.07) is 5.79. The van der Waals surface area contributed by atoms with Gasteiger partial charge in [-0.15, -0.1) is 0 Å². The van der Waals surface area contributed by atoms with Crippen molar-refractivity contribution in [3.63, 3.8) is 0 Å². The number of rotatable bonds is 7. The molecule has 0 radical (unpaired) electrons. The number of hydrogen-bond acceptors (Lipinski definition) is 7. The molecule has 1 amide bonds. The van der Waals surface area contributed by atoms with Crippen molar-refractivity contribution in [3.05, 3.63) is 42.1 Å². The summed E-state index contributed by atoms with van der Waals surface area (Å²) in [5, 5.41) is 2.43. The Morgan fingerprint density at radius 3 is 2.42 bits per heavy atom. The Morgan fingerprint density at radius 1 is 1.16 bits per heavy atom. The number of hydrogen-bond donors (Lipinski definition) is 1. The van der Waals surface area contributed by atoms with E-state index < -0.39 is 30.4 Å². The van der Waals surface area contributed by atoms with Crippen molar-refractivity contribution in [2.75, 3.05) is 32.1 Å². The highest BCUT2D eigenvalue weighted by molar-refractivity contribution is 5.97. The van der Waals surface area contributed by atoms with Crippen LogP contribution < -0.4 is 5.32 Å². The monoisotopic (exact) mass is 442 g/mol. The van der Waals surface area contributed by atoms with Crippen LogP contribution in [-0.4, -0.2) is 61.5 Å². The lowest BCUT2D eigenvalue weighted by atomic mass is 9.97. The van der Waals surface area contributed by atoms with E-state index in [0.29, 0.717) is 32.0 Å². The quantitative estimate of drug-likeness (QED) is 0.511. The average Bonchev–Trinajstić information content (AvgIpc) is 2.76. The fraction of sp³-hybridized carbons (Fsp3) is 0.400. The largest absolute Gasteiger partial charge is 0.469 e. The van der Waals surface area contributed by atoms with Gasteiger partial charge in [-0.25, -0.2) is 4.79 Å². The highest BCUT2D eigenvalue weighted by atomic mass is 19.4. The molecule has 1 aromatic rings. The molecule has 0 bridgehead atoms. The molecule has 11 heteroatoms. The molecule has 0 unspecified atom stereocenters. The smallest absolute Gasteiger partial charge is 0.454 e. The van der Waals surface area contributed by atoms with E-state index in [4.69, 9.17) is 4.74 Å². The van der Waals surface area contributed by atoms with Crippen LogP contribution in [-0.2, 0) is 23.9 Å². The number of methoxy groups -OCH3 is 1. The molecule has 1 N–H and O–H groups in total. The first-order valence-electron chi connectivity index (χ1n) is 9.29. The van der Waals surface area contributed by atoms with Crippen molar-refractivity contribution < 1.29 is 41.8 Å². The number of esters is 2. The summed E-state index contributed by atoms with van der Waals surface area (Å²) in [5.41, 5.74) is 0.0777. The van der Waals surface area contributed by atoms with E-state index in [1.165, 1.54) is 36.3 Å². The molecule has 1 aliphatic heterocycles. The van der Waals surface area contributed by atoms with E-state index in [2.05, 4.69) is 10.1 Å². The molecule has 168 valence electrons. The first kappa shape index (κ1) is 23.9. The van der Waals surface area contributed by atoms with Crippen LogP contribution in [0, 0.1) is 5.92 Å². The molecule has 0 aromatic heterocycles. The van der Waals surface area contributed by atoms with Crippen LogP contribution in [0.2, 0.25) is 0 Å². The van der Waals surface area contributed by atoms with Gasteiger partial charge < -0.3 is 19.7 Å². The minimum atomic E-state index is -5.00. The van der Waals surface area contributed by atoms with Crippen LogP contribution in [0.25, 0.3) is 0 Å². The number of anilines is 1. The summed E-state index contributed by atoms with van der Waals surface area (Å²) in [6.07, 6.45) is -3.05. The van der Waals surface area contributed by atoms with Crippen molar-refractivity contribution in [1.82, 2.24) is 4.90 Å². The number of nitrogens with one attached hydrogen (secondary N) is 1. The summed E-state index contributed by atoms with van der Waals surface area (Å²) < 4.78 is 46.4. The number of carbonyl (C=O) groups excluding carboxylic acids is 4. The third kappa shape index (κ3) is 6.83. The van der Waals surface area contributed by atoms with Gasteiger partial charge in [-0.2, -0.15) is 13.2 Å². The topological polar surface area (TPSA) is 102 Å². The van der Waals surface area contributed by atoms with Gasteiger partial charge in [0.25, 0.3) is 11.7 Å². The fourth-order valence-electron chi connectivity index (χ4n) is 2.92. The van der Waals surface area contributed by atoms with Crippen molar-refractivity contribution in [3.8, 4) is 0 Å². The summed E-state index contributed by atoms with van der Waals surface area (Å²) in [7, 11) is 1.30. The Balaban J connectivity index is 1.90. The van der Waals surface area contributed by atoms with Gasteiger partial charge in [0, 0.05) is 25.4 Å². The van der Waals surface area contributed by atoms with Crippen molar-refractivity contribution in [1.29, 1.82) is 0 Å². The van der Waals surface area contributed by atoms with Crippen molar-refractivity contribution in [2.45, 2.75) is 19.0 Å². The average molecular weight is 442 g/mol. The molecule has 1 aromatic carbocycles. The molecule has 0 aliphatic carbocycles. The maximum Gasteiger partial charge on any atom is 0.454 e. The summed E-state index contributed by atoms with van der Waals surface area (Å²) in [6.45, 7) is 0.122. The second-order valence-electron chi connectivity index (χ2n) is 6.64. The number of nitrogens with zero attached hydrogens (tertiary/aromatic N) is 1. The SMILES string of the molecule is COC(=O)C1CCN(C(=O)COC(=O)c2ccccc2N/C=C/C(=O)C(F)(F)F)CC1. The number of halogens is 3. The molecule has 0 spiro atoms. The number of ether oxygens (including phenoxy) is 2. The first-order chi connectivity index (χ1) is 14.6. The number of benzene rings is 1. The van der Waals surface area contributed by atoms with Gasteiger partial charge in [0.2, 0.25) is 0 Å². The third-order valence-corrected chi connectivity index (χ3v) is 4.61. The first-order valence-corrected chi connectivity index (χ1v) is 9.29. The summed E-state index contributed by atoms with van der Waals surface area (Å²) >= 11 is 0. The predicted octanol–water partition coefficient (Wildman–Crippen LogP) is 2.31. The second kappa shape index (κ2) is 10.6. The third-order valence-electron chi connectivity index (χ3n) is 4.61. The Bertz CT molecular complexity index is 861. The minimum absolute atomic E-state index is 0.0243. The highest BCUT2D eigenvalue weighted by Gasteiger charge is 2.36. The molecular weight excluding hydrogens is 421 g/mol. The Morgan fingerprint density at radius 2 is 1.81 bits per heavy atom. The highest BCUT2D eigenvalue weighted by Crippen LogP contribution is 2.20. The zero-order valence-electron chi connectivity index (χ0n) is 16.6. The lowest BCUT2D eigenvalue weighted by Crippen LogP contribution is -2.42. The van der Waals surface area contributed by atoms with E-state index in [-0.39, 0.29) is 23.1 Å². The number of alkyl halides is 3. The molecule has 1 aliphatic rings. The maximum absolute atomic E-state index is 12.3. The zero-order valence-corrected chi connectivity index (χ0v) is 16.6. The minimum Gasteiger partial charge on any atom is -0.469 e. The van der Waals surface area contributed by atoms with E-state index in [1.807, 2.05) is 0 Å². The fourth-order valence-corrected chi connectivity index (χ4v) is 2.92. The predicted molar refractivity (Wildman–Crippen MR) is 102 cm³/mol. The van der Waals surface area contributed by atoms with Gasteiger partial charge in [-0.1, -0.05) is 12.1 Å². The number of piperidine rings is 1. The molecule has 2 rings (SSSR count). The van der Waals surface area contributed by atoms with Crippen LogP contribution in [0.4, 0.5) is 18.9 Å². The second-order valence-corrected chi connectivity index (χ2v) is 6.64. The number of carbonyl (C=O) groups is 4. The molecule has 31 heavy (non-hydrogen) atoms. The van der Waals surface area contributed by atoms with Crippen molar-refractivity contribution >= 4 is 29.3 Å². The maximum atomic E-state index is 12.3. The Kier molecular flexibility index (Phi) is 8.17. The standard InChI is InChI=1S/C20H21F3N2O6/c1-30-18(28)13-7-10-25(11-8-13)17(27)12-31-19(29)14-4-2-3-5-15(14)24-9-6-16(26)20(21,22)23/h2-6,9,13,24H,7-8,10-12H2,1H3/b9-6+. The normalized spacial score (nSPS) is 14.9. The number of ketones is 1. The van der Waals surface area contributed by atoms with Gasteiger partial charge in [0.1, 0.15) is 0 Å². The number of allylic oxidation sites excluding steroid dienone is 1. The Labute approximate surface area is 176 Å². The number of para-hydroxylation sites is 1. The van der Waals surface area contributed by atoms with Gasteiger partial charge in [0.15, 0.2) is 6.61 Å². The molecule has 1 heterocycles. The molecule has 1 saturated heterocycles. The molecular formula is C20H21F3N2O6. The van der Waals surface area contributed by atoms with Crippen LogP contribution in [0.5, 0.6) is 0 Å². The van der Waals surface area contributed by atoms with Gasteiger partial charge in [0.05, 0.1) is 24.3 Å². The van der Waals surface area contributed by atoms with Gasteiger partial charge in [-0.3, -0.25) is 14.4 Å². The summed E-state index contributed by atoms with van der Waals surface area (Å²) in [5.74, 6) is -3.95. The lowest BCUT2D eigenvalue weighted by molar-refractivity contribution is -0.165. The molecule has 8 nitrogen and oxygen atoms in total. The zero-order chi connectivity index (χ0) is 23.0. The van der Waals surface area contributed by atoms with E-state index in [1.54, 1.807) is 0 Å². The van der Waals surface area contributed by atoms with Gasteiger partial charge in [-0.05, 0) is 25.0 Å². The van der Waals surface area contributed by atoms with E-state index in [9.17, 15) is 32.3 Å². The van der Waals surface area contributed by atoms with Crippen LogP contribution in [0.1, 0.15) is 23.2 Å². The lowest BCUT2D eigenvalue weighted by Gasteiger charge is -2.30. The van der Waals surface area contributed by atoms with Gasteiger partial charge >= 0.3 is 18.1 Å². The van der Waals surface area contributed by atoms with Crippen LogP contribution in [0.3, 0.4) is 0 Å². The Hall–Kier alpha value is -3.37. The van der Waals surface area contributed by atoms with E-state index >= 15 is 0 Å². The van der Waals surface area contributed by atoms with Crippen LogP contribution in [0.15, 0.2) is 36.5 Å². The summed E-state index contributed by atoms with van der Waals surface area (Å²) in [4.78, 5) is 48.5. The molecule has 1 fully saturated rings. The van der Waals surface area contributed by atoms with Crippen molar-refractivity contribution in [2.24, 2.45) is 5.92 Å². The van der Waals surface area contributed by atoms with Crippen LogP contribution >= 0.6 is 0 Å². The molecule has 0 atom stereocenters. The molecule has 0 saturated carbocycles.